The Balaban J connectivity index is 2.63. The lowest BCUT2D eigenvalue weighted by Gasteiger charge is -2.25. The van der Waals surface area contributed by atoms with Crippen molar-refractivity contribution in [3.8, 4) is 0 Å². The highest BCUT2D eigenvalue weighted by Crippen LogP contribution is 2.40. The van der Waals surface area contributed by atoms with Crippen LogP contribution in [0.25, 0.3) is 0 Å². The largest absolute Gasteiger partial charge is 0.396 e. The van der Waals surface area contributed by atoms with Gasteiger partial charge in [0.25, 0.3) is 0 Å². The molecule has 1 N–H and O–H groups in total. The highest BCUT2D eigenvalue weighted by atomic mass is 16.5. The fourth-order valence-electron chi connectivity index (χ4n) is 2.15. The predicted molar refractivity (Wildman–Crippen MR) is 49.4 cm³/mol. The van der Waals surface area contributed by atoms with Crippen LogP contribution in [-0.4, -0.2) is 30.2 Å². The molecule has 0 aromatic heterocycles. The van der Waals surface area contributed by atoms with Gasteiger partial charge in [0.2, 0.25) is 0 Å². The Hall–Kier alpha value is -0.410. The number of aldehydes is 1. The van der Waals surface area contributed by atoms with E-state index in [1.54, 1.807) is 0 Å². The van der Waals surface area contributed by atoms with Crippen LogP contribution in [0.2, 0.25) is 0 Å². The Bertz CT molecular complexity index is 181. The maximum atomic E-state index is 11.0. The first kappa shape index (κ1) is 10.7. The van der Waals surface area contributed by atoms with Crippen molar-refractivity contribution in [2.45, 2.75) is 45.3 Å². The minimum atomic E-state index is -0.345. The molecule has 3 atom stereocenters. The van der Waals surface area contributed by atoms with Crippen LogP contribution in [-0.2, 0) is 9.53 Å². The summed E-state index contributed by atoms with van der Waals surface area (Å²) in [6.07, 6.45) is 3.37. The van der Waals surface area contributed by atoms with Gasteiger partial charge in [0.1, 0.15) is 6.29 Å². The van der Waals surface area contributed by atoms with Gasteiger partial charge >= 0.3 is 0 Å². The minimum absolute atomic E-state index is 0.00782. The Labute approximate surface area is 79.1 Å². The minimum Gasteiger partial charge on any atom is -0.396 e. The molecule has 0 saturated carbocycles. The summed E-state index contributed by atoms with van der Waals surface area (Å²) >= 11 is 0. The average Bonchev–Trinajstić information content (AvgIpc) is 2.38. The summed E-state index contributed by atoms with van der Waals surface area (Å²) in [5, 5.41) is 8.73. The second kappa shape index (κ2) is 4.20. The molecular formula is C10H18O3. The van der Waals surface area contributed by atoms with Gasteiger partial charge in [-0.3, -0.25) is 0 Å². The molecular weight excluding hydrogens is 168 g/mol. The zero-order valence-corrected chi connectivity index (χ0v) is 8.32. The second-order valence-corrected chi connectivity index (χ2v) is 3.97. The van der Waals surface area contributed by atoms with Crippen molar-refractivity contribution in [2.24, 2.45) is 5.41 Å². The standard InChI is InChI=1S/C10H18O3/c1-8-6-10(7-12,4-3-5-11)9(2)13-8/h7-9,11H,3-6H2,1-2H3. The van der Waals surface area contributed by atoms with Crippen molar-refractivity contribution in [3.05, 3.63) is 0 Å². The molecule has 0 radical (unpaired) electrons. The number of rotatable bonds is 4. The quantitative estimate of drug-likeness (QED) is 0.670. The maximum absolute atomic E-state index is 11.0. The van der Waals surface area contributed by atoms with E-state index in [-0.39, 0.29) is 24.2 Å². The van der Waals surface area contributed by atoms with Gasteiger partial charge in [-0.25, -0.2) is 0 Å². The van der Waals surface area contributed by atoms with Gasteiger partial charge in [0.15, 0.2) is 0 Å². The number of carbonyl (C=O) groups is 1. The van der Waals surface area contributed by atoms with Crippen LogP contribution in [0.3, 0.4) is 0 Å². The molecule has 0 aromatic rings. The average molecular weight is 186 g/mol. The van der Waals surface area contributed by atoms with E-state index >= 15 is 0 Å². The molecule has 3 nitrogen and oxygen atoms in total. The SMILES string of the molecule is CC1CC(C=O)(CCCO)C(C)O1. The van der Waals surface area contributed by atoms with E-state index < -0.39 is 0 Å². The summed E-state index contributed by atoms with van der Waals surface area (Å²) in [6.45, 7) is 4.08. The molecule has 0 amide bonds. The van der Waals surface area contributed by atoms with Crippen molar-refractivity contribution in [2.75, 3.05) is 6.61 Å². The molecule has 1 saturated heterocycles. The highest BCUT2D eigenvalue weighted by molar-refractivity contribution is 5.61. The Morgan fingerprint density at radius 3 is 2.69 bits per heavy atom. The zero-order chi connectivity index (χ0) is 9.90. The molecule has 1 rings (SSSR count). The molecule has 1 aliphatic heterocycles. The van der Waals surface area contributed by atoms with Crippen molar-refractivity contribution in [3.63, 3.8) is 0 Å². The van der Waals surface area contributed by atoms with Crippen LogP contribution in [0.4, 0.5) is 0 Å². The summed E-state index contributed by atoms with van der Waals surface area (Å²) in [5.74, 6) is 0. The van der Waals surface area contributed by atoms with Crippen LogP contribution >= 0.6 is 0 Å². The van der Waals surface area contributed by atoms with E-state index in [1.165, 1.54) is 0 Å². The van der Waals surface area contributed by atoms with Crippen LogP contribution < -0.4 is 0 Å². The van der Waals surface area contributed by atoms with Gasteiger partial charge < -0.3 is 14.6 Å². The topological polar surface area (TPSA) is 46.5 Å². The summed E-state index contributed by atoms with van der Waals surface area (Å²) in [5.41, 5.74) is -0.345. The fraction of sp³-hybridized carbons (Fsp3) is 0.900. The molecule has 13 heavy (non-hydrogen) atoms. The molecule has 0 aromatic carbocycles. The van der Waals surface area contributed by atoms with Crippen molar-refractivity contribution >= 4 is 6.29 Å². The molecule has 76 valence electrons. The number of aliphatic hydroxyl groups excluding tert-OH is 1. The maximum Gasteiger partial charge on any atom is 0.128 e. The zero-order valence-electron chi connectivity index (χ0n) is 8.32. The fourth-order valence-corrected chi connectivity index (χ4v) is 2.15. The van der Waals surface area contributed by atoms with Crippen LogP contribution in [0.5, 0.6) is 0 Å². The van der Waals surface area contributed by atoms with Gasteiger partial charge in [0, 0.05) is 6.61 Å². The third-order valence-corrected chi connectivity index (χ3v) is 2.95. The molecule has 0 spiro atoms. The van der Waals surface area contributed by atoms with Crippen LogP contribution in [0.1, 0.15) is 33.1 Å². The molecule has 3 heteroatoms. The van der Waals surface area contributed by atoms with E-state index in [2.05, 4.69) is 0 Å². The number of aliphatic hydroxyl groups is 1. The Morgan fingerprint density at radius 1 is 1.62 bits per heavy atom. The normalized spacial score (nSPS) is 39.3. The van der Waals surface area contributed by atoms with Crippen molar-refractivity contribution in [1.82, 2.24) is 0 Å². The third-order valence-electron chi connectivity index (χ3n) is 2.95. The summed E-state index contributed by atoms with van der Waals surface area (Å²) in [7, 11) is 0. The highest BCUT2D eigenvalue weighted by Gasteiger charge is 2.44. The molecule has 0 aliphatic carbocycles. The predicted octanol–water partition coefficient (Wildman–Crippen LogP) is 1.14. The smallest absolute Gasteiger partial charge is 0.128 e. The first-order chi connectivity index (χ1) is 6.14. The lowest BCUT2D eigenvalue weighted by molar-refractivity contribution is -0.119. The van der Waals surface area contributed by atoms with Gasteiger partial charge in [-0.15, -0.1) is 0 Å². The second-order valence-electron chi connectivity index (χ2n) is 3.97. The molecule has 0 bridgehead atoms. The number of hydrogen-bond acceptors (Lipinski definition) is 3. The van der Waals surface area contributed by atoms with E-state index in [4.69, 9.17) is 9.84 Å². The Kier molecular flexibility index (Phi) is 3.45. The van der Waals surface area contributed by atoms with Gasteiger partial charge in [-0.1, -0.05) is 0 Å². The van der Waals surface area contributed by atoms with Crippen molar-refractivity contribution < 1.29 is 14.6 Å². The number of carbonyl (C=O) groups excluding carboxylic acids is 1. The first-order valence-corrected chi connectivity index (χ1v) is 4.87. The molecule has 1 fully saturated rings. The molecule has 3 unspecified atom stereocenters. The van der Waals surface area contributed by atoms with Gasteiger partial charge in [-0.2, -0.15) is 0 Å². The van der Waals surface area contributed by atoms with Crippen LogP contribution in [0, 0.1) is 5.41 Å². The van der Waals surface area contributed by atoms with Gasteiger partial charge in [0.05, 0.1) is 17.6 Å². The van der Waals surface area contributed by atoms with E-state index in [9.17, 15) is 4.79 Å². The summed E-state index contributed by atoms with van der Waals surface area (Å²) < 4.78 is 5.55. The number of ether oxygens (including phenoxy) is 1. The summed E-state index contributed by atoms with van der Waals surface area (Å²) in [6, 6.07) is 0. The lowest BCUT2D eigenvalue weighted by Crippen LogP contribution is -2.30. The van der Waals surface area contributed by atoms with E-state index in [1.807, 2.05) is 13.8 Å². The molecule has 1 aliphatic rings. The monoisotopic (exact) mass is 186 g/mol. The lowest BCUT2D eigenvalue weighted by atomic mass is 9.78. The van der Waals surface area contributed by atoms with Crippen LogP contribution in [0.15, 0.2) is 0 Å². The Morgan fingerprint density at radius 2 is 2.31 bits per heavy atom. The summed E-state index contributed by atoms with van der Waals surface area (Å²) in [4.78, 5) is 11.0. The molecule has 1 heterocycles. The van der Waals surface area contributed by atoms with Crippen molar-refractivity contribution in [1.29, 1.82) is 0 Å². The number of hydrogen-bond donors (Lipinski definition) is 1. The van der Waals surface area contributed by atoms with E-state index in [0.717, 1.165) is 19.1 Å². The van der Waals surface area contributed by atoms with Gasteiger partial charge in [-0.05, 0) is 33.1 Å². The third kappa shape index (κ3) is 2.09. The van der Waals surface area contributed by atoms with E-state index in [0.29, 0.717) is 6.42 Å². The first-order valence-electron chi connectivity index (χ1n) is 4.87.